The minimum absolute atomic E-state index is 0.983. The number of hydrogen-bond acceptors (Lipinski definition) is 0. The number of aromatic nitrogens is 1. The van der Waals surface area contributed by atoms with Crippen molar-refractivity contribution in [3.05, 3.63) is 36.0 Å². The van der Waals surface area contributed by atoms with Crippen LogP contribution in [-0.4, -0.2) is 21.9 Å². The predicted octanol–water partition coefficient (Wildman–Crippen LogP) is 2.06. The summed E-state index contributed by atoms with van der Waals surface area (Å²) in [5, 5.41) is 1.34. The van der Waals surface area contributed by atoms with Gasteiger partial charge in [-0.1, -0.05) is 12.1 Å². The highest BCUT2D eigenvalue weighted by Gasteiger charge is 2.15. The monoisotopic (exact) mass is 185 g/mol. The van der Waals surface area contributed by atoms with Gasteiger partial charge in [-0.2, -0.15) is 0 Å². The van der Waals surface area contributed by atoms with Crippen LogP contribution in [0, 0.1) is 0 Å². The van der Waals surface area contributed by atoms with Crippen LogP contribution in [0.3, 0.4) is 0 Å². The molecule has 0 saturated heterocycles. The van der Waals surface area contributed by atoms with E-state index in [1.54, 1.807) is 0 Å². The molecule has 1 aliphatic rings. The first-order valence-electron chi connectivity index (χ1n) is 5.05. The molecule has 0 amide bonds. The van der Waals surface area contributed by atoms with Crippen molar-refractivity contribution in [2.24, 2.45) is 0 Å². The average Bonchev–Trinajstić information content (AvgIpc) is 2.64. The molecule has 2 nitrogen and oxygen atoms in total. The fraction of sp³-hybridized carbons (Fsp3) is 0.250. The third kappa shape index (κ3) is 0.939. The summed E-state index contributed by atoms with van der Waals surface area (Å²) >= 11 is 0. The Balaban J connectivity index is 2.35. The first kappa shape index (κ1) is 7.80. The maximum Gasteiger partial charge on any atom is 0.222 e. The average molecular weight is 185 g/mol. The molecular weight excluding hydrogens is 172 g/mol. The van der Waals surface area contributed by atoms with Crippen molar-refractivity contribution in [1.29, 1.82) is 0 Å². The largest absolute Gasteiger partial charge is 0.291 e. The van der Waals surface area contributed by atoms with Gasteiger partial charge in [0.25, 0.3) is 0 Å². The molecule has 1 aromatic heterocycles. The van der Waals surface area contributed by atoms with Gasteiger partial charge in [0.05, 0.1) is 11.1 Å². The van der Waals surface area contributed by atoms with E-state index in [0.717, 1.165) is 13.2 Å². The maximum absolute atomic E-state index is 2.32. The van der Waals surface area contributed by atoms with E-state index in [1.165, 1.54) is 16.5 Å². The topological polar surface area (TPSA) is 7.94 Å². The third-order valence-corrected chi connectivity index (χ3v) is 2.88. The van der Waals surface area contributed by atoms with Crippen molar-refractivity contribution in [2.75, 3.05) is 6.54 Å². The van der Waals surface area contributed by atoms with Crippen molar-refractivity contribution < 1.29 is 4.58 Å². The molecule has 1 aromatic carbocycles. The Bertz CT molecular complexity index is 520. The second-order valence-corrected chi connectivity index (χ2v) is 3.75. The Morgan fingerprint density at radius 2 is 2.29 bits per heavy atom. The van der Waals surface area contributed by atoms with E-state index in [0.29, 0.717) is 0 Å². The van der Waals surface area contributed by atoms with Gasteiger partial charge in [0.1, 0.15) is 6.54 Å². The van der Waals surface area contributed by atoms with Crippen LogP contribution in [-0.2, 0) is 6.67 Å². The van der Waals surface area contributed by atoms with E-state index in [4.69, 9.17) is 0 Å². The van der Waals surface area contributed by atoms with Crippen LogP contribution in [0.15, 0.2) is 30.5 Å². The van der Waals surface area contributed by atoms with Gasteiger partial charge in [0.15, 0.2) is 6.21 Å². The molecule has 70 valence electrons. The fourth-order valence-electron chi connectivity index (χ4n) is 2.14. The van der Waals surface area contributed by atoms with Gasteiger partial charge in [-0.3, -0.25) is 4.57 Å². The molecule has 2 aromatic rings. The zero-order valence-electron chi connectivity index (χ0n) is 8.27. The standard InChI is InChI=1S/C12H13N2/c1-2-13-8-11-5-3-4-10-6-7-14(9-13)12(10)11/h3-8H,2,9H2,1H3/q+1. The lowest BCUT2D eigenvalue weighted by molar-refractivity contribution is -0.551. The molecule has 0 radical (unpaired) electrons. The molecular formula is C12H13N2+. The Morgan fingerprint density at radius 3 is 3.14 bits per heavy atom. The number of para-hydroxylation sites is 1. The second kappa shape index (κ2) is 2.71. The third-order valence-electron chi connectivity index (χ3n) is 2.88. The minimum atomic E-state index is 0.983. The normalized spacial score (nSPS) is 14.5. The molecule has 0 aliphatic carbocycles. The lowest BCUT2D eigenvalue weighted by atomic mass is 10.1. The lowest BCUT2D eigenvalue weighted by Crippen LogP contribution is -2.21. The molecule has 0 atom stereocenters. The van der Waals surface area contributed by atoms with Gasteiger partial charge in [-0.25, -0.2) is 4.58 Å². The second-order valence-electron chi connectivity index (χ2n) is 3.75. The number of benzene rings is 1. The van der Waals surface area contributed by atoms with Gasteiger partial charge in [0, 0.05) is 11.6 Å². The number of nitrogens with zero attached hydrogens (tertiary/aromatic N) is 2. The molecule has 14 heavy (non-hydrogen) atoms. The van der Waals surface area contributed by atoms with Gasteiger partial charge in [-0.15, -0.1) is 0 Å². The highest BCUT2D eigenvalue weighted by molar-refractivity contribution is 5.97. The van der Waals surface area contributed by atoms with Gasteiger partial charge >= 0.3 is 0 Å². The quantitative estimate of drug-likeness (QED) is 0.601. The highest BCUT2D eigenvalue weighted by Crippen LogP contribution is 2.21. The Kier molecular flexibility index (Phi) is 1.51. The van der Waals surface area contributed by atoms with Crippen LogP contribution < -0.4 is 0 Å². The molecule has 0 saturated carbocycles. The van der Waals surface area contributed by atoms with E-state index in [9.17, 15) is 0 Å². The summed E-state index contributed by atoms with van der Waals surface area (Å²) in [6.07, 6.45) is 4.42. The molecule has 0 N–H and O–H groups in total. The van der Waals surface area contributed by atoms with Gasteiger partial charge in [-0.05, 0) is 19.1 Å². The molecule has 2 heteroatoms. The van der Waals surface area contributed by atoms with E-state index >= 15 is 0 Å². The van der Waals surface area contributed by atoms with Gasteiger partial charge < -0.3 is 0 Å². The van der Waals surface area contributed by atoms with Crippen molar-refractivity contribution in [3.63, 3.8) is 0 Å². The molecule has 3 rings (SSSR count). The summed E-state index contributed by atoms with van der Waals surface area (Å²) < 4.78 is 4.63. The molecule has 1 aliphatic heterocycles. The maximum atomic E-state index is 2.32. The van der Waals surface area contributed by atoms with E-state index < -0.39 is 0 Å². The lowest BCUT2D eigenvalue weighted by Gasteiger charge is -2.11. The summed E-state index contributed by atoms with van der Waals surface area (Å²) in [5.41, 5.74) is 2.71. The molecule has 0 spiro atoms. The number of rotatable bonds is 1. The Morgan fingerprint density at radius 1 is 1.36 bits per heavy atom. The SMILES string of the molecule is CC[N+]1=Cc2cccc3ccn(c23)C1. The Labute approximate surface area is 83.1 Å². The van der Waals surface area contributed by atoms with Crippen LogP contribution in [0.5, 0.6) is 0 Å². The van der Waals surface area contributed by atoms with E-state index in [2.05, 4.69) is 52.7 Å². The van der Waals surface area contributed by atoms with E-state index in [-0.39, 0.29) is 0 Å². The van der Waals surface area contributed by atoms with Crippen molar-refractivity contribution in [3.8, 4) is 0 Å². The summed E-state index contributed by atoms with van der Waals surface area (Å²) in [4.78, 5) is 0. The first-order chi connectivity index (χ1) is 6.88. The molecule has 2 heterocycles. The summed E-state index contributed by atoms with van der Waals surface area (Å²) in [7, 11) is 0. The molecule has 0 fully saturated rings. The van der Waals surface area contributed by atoms with Crippen molar-refractivity contribution >= 4 is 17.1 Å². The van der Waals surface area contributed by atoms with Crippen LogP contribution in [0.2, 0.25) is 0 Å². The van der Waals surface area contributed by atoms with Crippen LogP contribution in [0.4, 0.5) is 0 Å². The van der Waals surface area contributed by atoms with E-state index in [1.807, 2.05) is 0 Å². The zero-order chi connectivity index (χ0) is 9.54. The molecule has 0 unspecified atom stereocenters. The van der Waals surface area contributed by atoms with Crippen molar-refractivity contribution in [2.45, 2.75) is 13.6 Å². The van der Waals surface area contributed by atoms with Crippen LogP contribution in [0.1, 0.15) is 12.5 Å². The van der Waals surface area contributed by atoms with Crippen LogP contribution in [0.25, 0.3) is 10.9 Å². The minimum Gasteiger partial charge on any atom is -0.291 e. The number of hydrogen-bond donors (Lipinski definition) is 0. The smallest absolute Gasteiger partial charge is 0.222 e. The van der Waals surface area contributed by atoms with Crippen molar-refractivity contribution in [1.82, 2.24) is 4.57 Å². The predicted molar refractivity (Wildman–Crippen MR) is 57.9 cm³/mol. The Hall–Kier alpha value is -1.57. The summed E-state index contributed by atoms with van der Waals surface area (Å²) in [5.74, 6) is 0. The molecule has 0 bridgehead atoms. The summed E-state index contributed by atoms with van der Waals surface area (Å²) in [6.45, 7) is 4.23. The summed E-state index contributed by atoms with van der Waals surface area (Å²) in [6, 6.07) is 8.66. The van der Waals surface area contributed by atoms with Gasteiger partial charge in [0.2, 0.25) is 6.67 Å². The zero-order valence-corrected chi connectivity index (χ0v) is 8.27. The fourth-order valence-corrected chi connectivity index (χ4v) is 2.14. The first-order valence-corrected chi connectivity index (χ1v) is 5.05. The highest BCUT2D eigenvalue weighted by atomic mass is 15.2. The van der Waals surface area contributed by atoms with Crippen LogP contribution >= 0.6 is 0 Å².